The van der Waals surface area contributed by atoms with Crippen molar-refractivity contribution in [3.63, 3.8) is 0 Å². The molecule has 0 bridgehead atoms. The summed E-state index contributed by atoms with van der Waals surface area (Å²) in [6.45, 7) is 0. The fourth-order valence-corrected chi connectivity index (χ4v) is 5.23. The molecule has 160 valence electrons. The van der Waals surface area contributed by atoms with Crippen molar-refractivity contribution in [2.45, 2.75) is 12.3 Å². The Balaban J connectivity index is 1.67. The van der Waals surface area contributed by atoms with Gasteiger partial charge in [-0.3, -0.25) is 9.52 Å². The molecule has 1 aliphatic heterocycles. The molecular weight excluding hydrogens is 414 g/mol. The van der Waals surface area contributed by atoms with Gasteiger partial charge in [0.15, 0.2) is 0 Å². The maximum Gasteiger partial charge on any atom is 0.235 e. The SMILES string of the molecule is COc1ccc(-c2cccc(-c3ccc(C4CC(=O)NS(=O)(=O)C4)c(OC)c3)c2)cc1. The Morgan fingerprint density at radius 2 is 1.48 bits per heavy atom. The standard InChI is InChI=1S/C24H23NO5S/c1-29-21-9-6-16(7-10-21)17-4-3-5-18(12-17)19-8-11-22(23(13-19)30-2)20-14-24(26)25-31(27,28)15-20/h3-13,20H,14-15H2,1-2H3,(H,25,26). The van der Waals surface area contributed by atoms with Crippen molar-refractivity contribution in [3.8, 4) is 33.8 Å². The zero-order valence-electron chi connectivity index (χ0n) is 17.3. The van der Waals surface area contributed by atoms with E-state index in [0.29, 0.717) is 5.75 Å². The third-order valence-corrected chi connectivity index (χ3v) is 6.79. The number of methoxy groups -OCH3 is 2. The van der Waals surface area contributed by atoms with Crippen LogP contribution in [-0.2, 0) is 14.8 Å². The molecule has 1 unspecified atom stereocenters. The highest BCUT2D eigenvalue weighted by molar-refractivity contribution is 7.90. The number of hydrogen-bond acceptors (Lipinski definition) is 5. The van der Waals surface area contributed by atoms with Crippen molar-refractivity contribution in [3.05, 3.63) is 72.3 Å². The second kappa shape index (κ2) is 8.43. The second-order valence-electron chi connectivity index (χ2n) is 7.47. The zero-order chi connectivity index (χ0) is 22.0. The Morgan fingerprint density at radius 1 is 0.839 bits per heavy atom. The Kier molecular flexibility index (Phi) is 5.69. The molecule has 0 saturated carbocycles. The highest BCUT2D eigenvalue weighted by Gasteiger charge is 2.32. The molecule has 1 atom stereocenters. The van der Waals surface area contributed by atoms with Crippen LogP contribution in [0.15, 0.2) is 66.7 Å². The average Bonchev–Trinajstić information content (AvgIpc) is 2.77. The number of hydrogen-bond donors (Lipinski definition) is 1. The molecule has 3 aromatic rings. The number of amides is 1. The summed E-state index contributed by atoms with van der Waals surface area (Å²) in [6, 6.07) is 21.7. The van der Waals surface area contributed by atoms with Crippen molar-refractivity contribution in [1.29, 1.82) is 0 Å². The molecule has 1 N–H and O–H groups in total. The fraction of sp³-hybridized carbons (Fsp3) is 0.208. The van der Waals surface area contributed by atoms with Crippen molar-refractivity contribution in [1.82, 2.24) is 4.72 Å². The van der Waals surface area contributed by atoms with Crippen LogP contribution >= 0.6 is 0 Å². The Labute approximate surface area is 181 Å². The van der Waals surface area contributed by atoms with E-state index in [1.54, 1.807) is 14.2 Å². The minimum atomic E-state index is -3.62. The third kappa shape index (κ3) is 4.56. The first-order valence-corrected chi connectivity index (χ1v) is 11.5. The molecule has 1 aliphatic rings. The van der Waals surface area contributed by atoms with Crippen LogP contribution in [0.5, 0.6) is 11.5 Å². The highest BCUT2D eigenvalue weighted by atomic mass is 32.2. The summed E-state index contributed by atoms with van der Waals surface area (Å²) in [5.74, 6) is 0.311. The van der Waals surface area contributed by atoms with Crippen LogP contribution in [0.1, 0.15) is 17.9 Å². The van der Waals surface area contributed by atoms with Crippen LogP contribution in [0.2, 0.25) is 0 Å². The molecule has 0 spiro atoms. The molecular formula is C24H23NO5S. The van der Waals surface area contributed by atoms with Gasteiger partial charge in [-0.05, 0) is 52.1 Å². The van der Waals surface area contributed by atoms with E-state index >= 15 is 0 Å². The highest BCUT2D eigenvalue weighted by Crippen LogP contribution is 2.36. The van der Waals surface area contributed by atoms with E-state index < -0.39 is 21.8 Å². The number of ether oxygens (including phenoxy) is 2. The molecule has 1 fully saturated rings. The van der Waals surface area contributed by atoms with Crippen molar-refractivity contribution >= 4 is 15.9 Å². The maximum atomic E-state index is 12.0. The molecule has 1 heterocycles. The summed E-state index contributed by atoms with van der Waals surface area (Å²) in [4.78, 5) is 11.8. The van der Waals surface area contributed by atoms with Gasteiger partial charge in [0.1, 0.15) is 11.5 Å². The minimum Gasteiger partial charge on any atom is -0.497 e. The Hall–Kier alpha value is -3.32. The molecule has 7 heteroatoms. The summed E-state index contributed by atoms with van der Waals surface area (Å²) in [5.41, 5.74) is 4.81. The van der Waals surface area contributed by atoms with Gasteiger partial charge in [0, 0.05) is 12.3 Å². The lowest BCUT2D eigenvalue weighted by Gasteiger charge is -2.24. The lowest BCUT2D eigenvalue weighted by atomic mass is 9.92. The monoisotopic (exact) mass is 437 g/mol. The molecule has 3 aromatic carbocycles. The van der Waals surface area contributed by atoms with Crippen molar-refractivity contribution < 1.29 is 22.7 Å². The first-order valence-electron chi connectivity index (χ1n) is 9.84. The van der Waals surface area contributed by atoms with E-state index in [1.165, 1.54) is 0 Å². The molecule has 4 rings (SSSR count). The van der Waals surface area contributed by atoms with Gasteiger partial charge < -0.3 is 9.47 Å². The molecule has 1 amide bonds. The summed E-state index contributed by atoms with van der Waals surface area (Å²) in [5, 5.41) is 0. The molecule has 31 heavy (non-hydrogen) atoms. The van der Waals surface area contributed by atoms with Gasteiger partial charge in [0.25, 0.3) is 0 Å². The first kappa shape index (κ1) is 20.9. The maximum absolute atomic E-state index is 12.0. The van der Waals surface area contributed by atoms with Gasteiger partial charge in [0.2, 0.25) is 15.9 Å². The lowest BCUT2D eigenvalue weighted by molar-refractivity contribution is -0.119. The Bertz CT molecular complexity index is 1220. The predicted molar refractivity (Wildman–Crippen MR) is 120 cm³/mol. The van der Waals surface area contributed by atoms with E-state index in [9.17, 15) is 13.2 Å². The van der Waals surface area contributed by atoms with Crippen molar-refractivity contribution in [2.24, 2.45) is 0 Å². The number of benzene rings is 3. The first-order chi connectivity index (χ1) is 14.9. The molecule has 0 aliphatic carbocycles. The summed E-state index contributed by atoms with van der Waals surface area (Å²) < 4.78 is 36.8. The van der Waals surface area contributed by atoms with E-state index in [0.717, 1.165) is 33.6 Å². The van der Waals surface area contributed by atoms with Crippen LogP contribution in [0.3, 0.4) is 0 Å². The van der Waals surface area contributed by atoms with Gasteiger partial charge in [-0.25, -0.2) is 8.42 Å². The normalized spacial score (nSPS) is 17.6. The second-order valence-corrected chi connectivity index (χ2v) is 9.24. The van der Waals surface area contributed by atoms with Crippen LogP contribution < -0.4 is 14.2 Å². The van der Waals surface area contributed by atoms with Gasteiger partial charge >= 0.3 is 0 Å². The van der Waals surface area contributed by atoms with E-state index in [-0.39, 0.29) is 12.2 Å². The molecule has 0 radical (unpaired) electrons. The van der Waals surface area contributed by atoms with Gasteiger partial charge in [-0.1, -0.05) is 42.5 Å². The minimum absolute atomic E-state index is 0.113. The van der Waals surface area contributed by atoms with Gasteiger partial charge in [-0.2, -0.15) is 0 Å². The number of nitrogens with one attached hydrogen (secondary N) is 1. The summed E-state index contributed by atoms with van der Waals surface area (Å²) in [7, 11) is -0.432. The third-order valence-electron chi connectivity index (χ3n) is 5.41. The van der Waals surface area contributed by atoms with Crippen LogP contribution in [-0.4, -0.2) is 34.3 Å². The average molecular weight is 438 g/mol. The number of carbonyl (C=O) groups is 1. The van der Waals surface area contributed by atoms with Crippen LogP contribution in [0.25, 0.3) is 22.3 Å². The van der Waals surface area contributed by atoms with E-state index in [1.807, 2.05) is 65.4 Å². The Morgan fingerprint density at radius 3 is 2.13 bits per heavy atom. The van der Waals surface area contributed by atoms with Crippen LogP contribution in [0, 0.1) is 0 Å². The summed E-state index contributed by atoms with van der Waals surface area (Å²) >= 11 is 0. The quantitative estimate of drug-likeness (QED) is 0.653. The number of rotatable bonds is 5. The van der Waals surface area contributed by atoms with Crippen molar-refractivity contribution in [2.75, 3.05) is 20.0 Å². The fourth-order valence-electron chi connectivity index (χ4n) is 3.89. The zero-order valence-corrected chi connectivity index (χ0v) is 18.1. The van der Waals surface area contributed by atoms with Crippen LogP contribution in [0.4, 0.5) is 0 Å². The summed E-state index contributed by atoms with van der Waals surface area (Å²) in [6.07, 6.45) is 0.113. The molecule has 1 saturated heterocycles. The topological polar surface area (TPSA) is 81.7 Å². The number of sulfonamides is 1. The molecule has 0 aromatic heterocycles. The van der Waals surface area contributed by atoms with Gasteiger partial charge in [0.05, 0.1) is 20.0 Å². The van der Waals surface area contributed by atoms with Gasteiger partial charge in [-0.15, -0.1) is 0 Å². The molecule has 6 nitrogen and oxygen atoms in total. The lowest BCUT2D eigenvalue weighted by Crippen LogP contribution is -2.40. The number of carbonyl (C=O) groups excluding carboxylic acids is 1. The smallest absolute Gasteiger partial charge is 0.235 e. The largest absolute Gasteiger partial charge is 0.497 e. The van der Waals surface area contributed by atoms with E-state index in [2.05, 4.69) is 6.07 Å². The predicted octanol–water partition coefficient (Wildman–Crippen LogP) is 3.97. The van der Waals surface area contributed by atoms with E-state index in [4.69, 9.17) is 9.47 Å².